The lowest BCUT2D eigenvalue weighted by Crippen LogP contribution is -2.36. The molecule has 1 saturated carbocycles. The Hall–Kier alpha value is -2.18. The highest BCUT2D eigenvalue weighted by Gasteiger charge is 2.18. The van der Waals surface area contributed by atoms with Crippen molar-refractivity contribution in [3.63, 3.8) is 0 Å². The number of hydrogen-bond donors (Lipinski definition) is 2. The van der Waals surface area contributed by atoms with E-state index in [1.165, 1.54) is 6.07 Å². The zero-order chi connectivity index (χ0) is 13.8. The van der Waals surface area contributed by atoms with Gasteiger partial charge in [0.1, 0.15) is 0 Å². The fraction of sp³-hybridized carbons (Fsp3) is 0.417. The predicted octanol–water partition coefficient (Wildman–Crippen LogP) is 2.80. The molecule has 0 atom stereocenters. The molecule has 0 unspecified atom stereocenters. The van der Waals surface area contributed by atoms with Gasteiger partial charge in [-0.1, -0.05) is 12.8 Å². The lowest BCUT2D eigenvalue weighted by Gasteiger charge is -2.12. The van der Waals surface area contributed by atoms with E-state index in [1.807, 2.05) is 0 Å². The molecule has 0 spiro atoms. The van der Waals surface area contributed by atoms with E-state index in [9.17, 15) is 19.3 Å². The van der Waals surface area contributed by atoms with Crippen LogP contribution in [0.2, 0.25) is 0 Å². The maximum absolute atomic E-state index is 13.3. The molecule has 2 amide bonds. The van der Waals surface area contributed by atoms with Crippen LogP contribution in [0.3, 0.4) is 0 Å². The van der Waals surface area contributed by atoms with Crippen molar-refractivity contribution in [2.75, 3.05) is 5.32 Å². The standard InChI is InChI=1S/C12H14FN3O3/c13-10-7-9(5-6-11(10)16(18)19)15-12(17)14-8-3-1-2-4-8/h5-8H,1-4H2,(H2,14,15,17). The Labute approximate surface area is 109 Å². The molecule has 0 aliphatic heterocycles. The van der Waals surface area contributed by atoms with Gasteiger partial charge in [-0.15, -0.1) is 0 Å². The molecular weight excluding hydrogens is 253 g/mol. The number of benzene rings is 1. The number of amides is 2. The molecule has 1 aliphatic carbocycles. The van der Waals surface area contributed by atoms with Gasteiger partial charge < -0.3 is 10.6 Å². The summed E-state index contributed by atoms with van der Waals surface area (Å²) in [5.41, 5.74) is -0.416. The molecule has 6 nitrogen and oxygen atoms in total. The van der Waals surface area contributed by atoms with Crippen LogP contribution < -0.4 is 10.6 Å². The van der Waals surface area contributed by atoms with Crippen molar-refractivity contribution in [1.29, 1.82) is 0 Å². The number of rotatable bonds is 3. The van der Waals surface area contributed by atoms with Crippen molar-refractivity contribution in [3.05, 3.63) is 34.1 Å². The third kappa shape index (κ3) is 3.40. The Morgan fingerprint density at radius 2 is 2.05 bits per heavy atom. The minimum absolute atomic E-state index is 0.155. The first kappa shape index (κ1) is 13.3. The van der Waals surface area contributed by atoms with Gasteiger partial charge in [-0.2, -0.15) is 4.39 Å². The van der Waals surface area contributed by atoms with Gasteiger partial charge in [-0.3, -0.25) is 10.1 Å². The molecule has 0 heterocycles. The molecule has 1 aromatic carbocycles. The molecule has 7 heteroatoms. The van der Waals surface area contributed by atoms with E-state index < -0.39 is 22.5 Å². The number of anilines is 1. The number of nitro groups is 1. The second-order valence-electron chi connectivity index (χ2n) is 4.50. The van der Waals surface area contributed by atoms with Crippen LogP contribution in [0.5, 0.6) is 0 Å². The summed E-state index contributed by atoms with van der Waals surface area (Å²) in [6.45, 7) is 0. The third-order valence-electron chi connectivity index (χ3n) is 3.09. The lowest BCUT2D eigenvalue weighted by molar-refractivity contribution is -0.387. The van der Waals surface area contributed by atoms with Crippen LogP contribution in [0.15, 0.2) is 18.2 Å². The zero-order valence-electron chi connectivity index (χ0n) is 10.2. The summed E-state index contributed by atoms with van der Waals surface area (Å²) in [5, 5.41) is 15.7. The highest BCUT2D eigenvalue weighted by molar-refractivity contribution is 5.89. The molecule has 1 aromatic rings. The van der Waals surface area contributed by atoms with Crippen LogP contribution in [0.25, 0.3) is 0 Å². The topological polar surface area (TPSA) is 84.3 Å². The van der Waals surface area contributed by atoms with Crippen molar-refractivity contribution < 1.29 is 14.1 Å². The molecule has 19 heavy (non-hydrogen) atoms. The fourth-order valence-corrected chi connectivity index (χ4v) is 2.16. The average Bonchev–Trinajstić information content (AvgIpc) is 2.81. The van der Waals surface area contributed by atoms with Crippen molar-refractivity contribution in [3.8, 4) is 0 Å². The van der Waals surface area contributed by atoms with Crippen LogP contribution in [0.4, 0.5) is 20.6 Å². The van der Waals surface area contributed by atoms with E-state index in [4.69, 9.17) is 0 Å². The molecule has 2 rings (SSSR count). The van der Waals surface area contributed by atoms with Gasteiger partial charge >= 0.3 is 11.7 Å². The van der Waals surface area contributed by atoms with E-state index in [0.29, 0.717) is 0 Å². The average molecular weight is 267 g/mol. The minimum atomic E-state index is -0.969. The number of nitrogens with one attached hydrogen (secondary N) is 2. The van der Waals surface area contributed by atoms with Gasteiger partial charge in [0.25, 0.3) is 0 Å². The van der Waals surface area contributed by atoms with Gasteiger partial charge in [0.2, 0.25) is 5.82 Å². The second kappa shape index (κ2) is 5.64. The second-order valence-corrected chi connectivity index (χ2v) is 4.50. The molecule has 2 N–H and O–H groups in total. The summed E-state index contributed by atoms with van der Waals surface area (Å²) in [4.78, 5) is 21.3. The molecule has 0 radical (unpaired) electrons. The Balaban J connectivity index is 1.96. The first-order valence-electron chi connectivity index (χ1n) is 6.08. The molecule has 0 aromatic heterocycles. The van der Waals surface area contributed by atoms with Crippen molar-refractivity contribution in [2.45, 2.75) is 31.7 Å². The number of hydrogen-bond acceptors (Lipinski definition) is 3. The van der Waals surface area contributed by atoms with Gasteiger partial charge in [0.05, 0.1) is 4.92 Å². The Morgan fingerprint density at radius 3 is 2.63 bits per heavy atom. The Bertz CT molecular complexity index is 501. The summed E-state index contributed by atoms with van der Waals surface area (Å²) >= 11 is 0. The number of carbonyl (C=O) groups is 1. The van der Waals surface area contributed by atoms with Crippen molar-refractivity contribution >= 4 is 17.4 Å². The summed E-state index contributed by atoms with van der Waals surface area (Å²) in [6, 6.07) is 3.01. The van der Waals surface area contributed by atoms with E-state index in [2.05, 4.69) is 10.6 Å². The van der Waals surface area contributed by atoms with Crippen LogP contribution in [-0.2, 0) is 0 Å². The van der Waals surface area contributed by atoms with Gasteiger partial charge in [0, 0.05) is 23.9 Å². The number of urea groups is 1. The first-order valence-corrected chi connectivity index (χ1v) is 6.08. The molecular formula is C12H14FN3O3. The summed E-state index contributed by atoms with van der Waals surface area (Å²) < 4.78 is 13.3. The highest BCUT2D eigenvalue weighted by atomic mass is 19.1. The van der Waals surface area contributed by atoms with Crippen LogP contribution in [-0.4, -0.2) is 17.0 Å². The van der Waals surface area contributed by atoms with Crippen LogP contribution in [0.1, 0.15) is 25.7 Å². The SMILES string of the molecule is O=C(Nc1ccc([N+](=O)[O-])c(F)c1)NC1CCCC1. The monoisotopic (exact) mass is 267 g/mol. The molecule has 0 bridgehead atoms. The quantitative estimate of drug-likeness (QED) is 0.652. The Kier molecular flexibility index (Phi) is 3.94. The maximum atomic E-state index is 13.3. The van der Waals surface area contributed by atoms with Crippen LogP contribution >= 0.6 is 0 Å². The van der Waals surface area contributed by atoms with Gasteiger partial charge in [-0.25, -0.2) is 4.79 Å². The molecule has 1 fully saturated rings. The fourth-order valence-electron chi connectivity index (χ4n) is 2.16. The predicted molar refractivity (Wildman–Crippen MR) is 67.5 cm³/mol. The normalized spacial score (nSPS) is 15.2. The van der Waals surface area contributed by atoms with Gasteiger partial charge in [0.15, 0.2) is 0 Å². The van der Waals surface area contributed by atoms with E-state index >= 15 is 0 Å². The first-order chi connectivity index (χ1) is 9.06. The summed E-state index contributed by atoms with van der Waals surface area (Å²) in [7, 11) is 0. The van der Waals surface area contributed by atoms with E-state index in [1.54, 1.807) is 0 Å². The maximum Gasteiger partial charge on any atom is 0.319 e. The van der Waals surface area contributed by atoms with Gasteiger partial charge in [-0.05, 0) is 18.9 Å². The molecule has 102 valence electrons. The lowest BCUT2D eigenvalue weighted by atomic mass is 10.2. The minimum Gasteiger partial charge on any atom is -0.335 e. The Morgan fingerprint density at radius 1 is 1.37 bits per heavy atom. The zero-order valence-corrected chi connectivity index (χ0v) is 10.2. The van der Waals surface area contributed by atoms with Crippen LogP contribution in [0, 0.1) is 15.9 Å². The summed E-state index contributed by atoms with van der Waals surface area (Å²) in [6.07, 6.45) is 4.08. The smallest absolute Gasteiger partial charge is 0.319 e. The number of nitrogens with zero attached hydrogens (tertiary/aromatic N) is 1. The largest absolute Gasteiger partial charge is 0.335 e. The van der Waals surface area contributed by atoms with Crippen molar-refractivity contribution in [1.82, 2.24) is 5.32 Å². The van der Waals surface area contributed by atoms with Crippen molar-refractivity contribution in [2.24, 2.45) is 0 Å². The summed E-state index contributed by atoms with van der Waals surface area (Å²) in [5.74, 6) is -0.969. The molecule has 1 aliphatic rings. The number of nitro benzene ring substituents is 1. The third-order valence-corrected chi connectivity index (χ3v) is 3.09. The molecule has 0 saturated heterocycles. The van der Waals surface area contributed by atoms with E-state index in [0.717, 1.165) is 37.8 Å². The number of halogens is 1. The highest BCUT2D eigenvalue weighted by Crippen LogP contribution is 2.21. The number of carbonyl (C=O) groups excluding carboxylic acids is 1. The van der Waals surface area contributed by atoms with E-state index in [-0.39, 0.29) is 11.7 Å².